The fourth-order valence-corrected chi connectivity index (χ4v) is 3.38. The quantitative estimate of drug-likeness (QED) is 0.717. The summed E-state index contributed by atoms with van der Waals surface area (Å²) < 4.78 is 11.1. The van der Waals surface area contributed by atoms with Gasteiger partial charge in [-0.2, -0.15) is 0 Å². The molecule has 5 heteroatoms. The Bertz CT molecular complexity index is 740. The zero-order valence-electron chi connectivity index (χ0n) is 16.7. The van der Waals surface area contributed by atoms with E-state index in [1.165, 1.54) is 37.9 Å². The molecule has 28 heavy (non-hydrogen) atoms. The van der Waals surface area contributed by atoms with Gasteiger partial charge in [0.2, 0.25) is 0 Å². The molecule has 0 radical (unpaired) electrons. The number of rotatable bonds is 9. The van der Waals surface area contributed by atoms with E-state index in [-0.39, 0.29) is 12.5 Å². The standard InChI is InChI=1S/C23H30N2O3/c1-2-27-21-8-4-5-9-22(21)28-18-23(26)24-16-19-10-12-20(13-11-19)17-25-14-6-3-7-15-25/h4-5,8-13H,2-3,6-7,14-18H2,1H3,(H,24,26). The second kappa shape index (κ2) is 10.7. The molecule has 2 aromatic rings. The zero-order valence-corrected chi connectivity index (χ0v) is 16.7. The fourth-order valence-electron chi connectivity index (χ4n) is 3.38. The first kappa shape index (κ1) is 20.2. The van der Waals surface area contributed by atoms with Gasteiger partial charge in [0, 0.05) is 13.1 Å². The molecule has 0 unspecified atom stereocenters. The van der Waals surface area contributed by atoms with E-state index in [2.05, 4.69) is 34.5 Å². The van der Waals surface area contributed by atoms with Crippen LogP contribution < -0.4 is 14.8 Å². The summed E-state index contributed by atoms with van der Waals surface area (Å²) in [6.07, 6.45) is 3.97. The first-order chi connectivity index (χ1) is 13.7. The average Bonchev–Trinajstić information content (AvgIpc) is 2.73. The molecule has 0 spiro atoms. The van der Waals surface area contributed by atoms with Crippen molar-refractivity contribution in [1.29, 1.82) is 0 Å². The van der Waals surface area contributed by atoms with Crippen LogP contribution in [0, 0.1) is 0 Å². The molecule has 0 bridgehead atoms. The average molecular weight is 383 g/mol. The second-order valence-electron chi connectivity index (χ2n) is 7.10. The van der Waals surface area contributed by atoms with E-state index in [1.54, 1.807) is 6.07 Å². The van der Waals surface area contributed by atoms with Gasteiger partial charge in [-0.05, 0) is 56.1 Å². The molecule has 1 amide bonds. The third-order valence-corrected chi connectivity index (χ3v) is 4.88. The largest absolute Gasteiger partial charge is 0.490 e. The van der Waals surface area contributed by atoms with E-state index < -0.39 is 0 Å². The van der Waals surface area contributed by atoms with Crippen molar-refractivity contribution >= 4 is 5.91 Å². The van der Waals surface area contributed by atoms with E-state index >= 15 is 0 Å². The van der Waals surface area contributed by atoms with E-state index in [4.69, 9.17) is 9.47 Å². The van der Waals surface area contributed by atoms with Crippen LogP contribution in [0.3, 0.4) is 0 Å². The molecule has 3 rings (SSSR count). The summed E-state index contributed by atoms with van der Waals surface area (Å²) in [5, 5.41) is 2.91. The number of benzene rings is 2. The van der Waals surface area contributed by atoms with Crippen molar-refractivity contribution in [3.8, 4) is 11.5 Å². The summed E-state index contributed by atoms with van der Waals surface area (Å²) in [6.45, 7) is 6.35. The van der Waals surface area contributed by atoms with Crippen LogP contribution in [0.25, 0.3) is 0 Å². The van der Waals surface area contributed by atoms with Gasteiger partial charge in [-0.15, -0.1) is 0 Å². The van der Waals surface area contributed by atoms with Crippen LogP contribution >= 0.6 is 0 Å². The number of piperidine rings is 1. The summed E-state index contributed by atoms with van der Waals surface area (Å²) in [4.78, 5) is 14.6. The van der Waals surface area contributed by atoms with Crippen LogP contribution in [-0.4, -0.2) is 37.1 Å². The van der Waals surface area contributed by atoms with Gasteiger partial charge in [0.25, 0.3) is 5.91 Å². The Balaban J connectivity index is 1.42. The summed E-state index contributed by atoms with van der Waals surface area (Å²) in [5.74, 6) is 1.09. The van der Waals surface area contributed by atoms with Crippen LogP contribution in [0.15, 0.2) is 48.5 Å². The minimum Gasteiger partial charge on any atom is -0.490 e. The summed E-state index contributed by atoms with van der Waals surface area (Å²) in [7, 11) is 0. The summed E-state index contributed by atoms with van der Waals surface area (Å²) in [6, 6.07) is 15.9. The van der Waals surface area contributed by atoms with Crippen molar-refractivity contribution in [3.63, 3.8) is 0 Å². The van der Waals surface area contributed by atoms with E-state index in [0.717, 1.165) is 12.1 Å². The Morgan fingerprint density at radius 3 is 2.25 bits per heavy atom. The van der Waals surface area contributed by atoms with Gasteiger partial charge < -0.3 is 14.8 Å². The molecular weight excluding hydrogens is 352 g/mol. The molecule has 1 saturated heterocycles. The first-order valence-corrected chi connectivity index (χ1v) is 10.2. The highest BCUT2D eigenvalue weighted by Gasteiger charge is 2.10. The molecule has 0 aliphatic carbocycles. The van der Waals surface area contributed by atoms with Gasteiger partial charge in [0.1, 0.15) is 0 Å². The maximum atomic E-state index is 12.1. The number of nitrogens with zero attached hydrogens (tertiary/aromatic N) is 1. The predicted octanol–water partition coefficient (Wildman–Crippen LogP) is 3.77. The third-order valence-electron chi connectivity index (χ3n) is 4.88. The minimum atomic E-state index is -0.149. The van der Waals surface area contributed by atoms with Gasteiger partial charge in [-0.1, -0.05) is 42.8 Å². The summed E-state index contributed by atoms with van der Waals surface area (Å²) in [5.41, 5.74) is 2.42. The third kappa shape index (κ3) is 6.27. The Kier molecular flexibility index (Phi) is 7.73. The number of carbonyl (C=O) groups is 1. The predicted molar refractivity (Wildman–Crippen MR) is 111 cm³/mol. The van der Waals surface area contributed by atoms with Crippen LogP contribution in [0.4, 0.5) is 0 Å². The first-order valence-electron chi connectivity index (χ1n) is 10.2. The molecule has 150 valence electrons. The molecular formula is C23H30N2O3. The topological polar surface area (TPSA) is 50.8 Å². The van der Waals surface area contributed by atoms with Crippen LogP contribution in [-0.2, 0) is 17.9 Å². The highest BCUT2D eigenvalue weighted by Crippen LogP contribution is 2.26. The Morgan fingerprint density at radius 1 is 0.929 bits per heavy atom. The molecule has 1 N–H and O–H groups in total. The Labute approximate surface area is 167 Å². The lowest BCUT2D eigenvalue weighted by atomic mass is 10.1. The number of amides is 1. The van der Waals surface area contributed by atoms with Crippen LogP contribution in [0.5, 0.6) is 11.5 Å². The fraction of sp³-hybridized carbons (Fsp3) is 0.435. The summed E-state index contributed by atoms with van der Waals surface area (Å²) >= 11 is 0. The minimum absolute atomic E-state index is 0.0306. The van der Waals surface area contributed by atoms with Gasteiger partial charge in [-0.25, -0.2) is 0 Å². The number of carbonyl (C=O) groups excluding carboxylic acids is 1. The number of hydrogen-bond donors (Lipinski definition) is 1. The lowest BCUT2D eigenvalue weighted by molar-refractivity contribution is -0.123. The molecule has 1 aliphatic heterocycles. The van der Waals surface area contributed by atoms with Gasteiger partial charge in [0.15, 0.2) is 18.1 Å². The van der Waals surface area contributed by atoms with Crippen LogP contribution in [0.2, 0.25) is 0 Å². The zero-order chi connectivity index (χ0) is 19.6. The SMILES string of the molecule is CCOc1ccccc1OCC(=O)NCc1ccc(CN2CCCCC2)cc1. The monoisotopic (exact) mass is 382 g/mol. The van der Waals surface area contributed by atoms with Crippen molar-refractivity contribution in [2.45, 2.75) is 39.3 Å². The maximum Gasteiger partial charge on any atom is 0.258 e. The smallest absolute Gasteiger partial charge is 0.258 e. The highest BCUT2D eigenvalue weighted by molar-refractivity contribution is 5.77. The van der Waals surface area contributed by atoms with Crippen molar-refractivity contribution in [2.24, 2.45) is 0 Å². The Hall–Kier alpha value is -2.53. The molecule has 1 heterocycles. The molecule has 0 aromatic heterocycles. The lowest BCUT2D eigenvalue weighted by Crippen LogP contribution is -2.29. The number of ether oxygens (including phenoxy) is 2. The highest BCUT2D eigenvalue weighted by atomic mass is 16.5. The van der Waals surface area contributed by atoms with Crippen molar-refractivity contribution in [1.82, 2.24) is 10.2 Å². The molecule has 1 fully saturated rings. The van der Waals surface area contributed by atoms with E-state index in [1.807, 2.05) is 25.1 Å². The molecule has 0 atom stereocenters. The van der Waals surface area contributed by atoms with Crippen molar-refractivity contribution < 1.29 is 14.3 Å². The molecule has 1 aliphatic rings. The molecule has 0 saturated carbocycles. The van der Waals surface area contributed by atoms with Crippen molar-refractivity contribution in [2.75, 3.05) is 26.3 Å². The molecule has 5 nitrogen and oxygen atoms in total. The lowest BCUT2D eigenvalue weighted by Gasteiger charge is -2.26. The maximum absolute atomic E-state index is 12.1. The number of likely N-dealkylation sites (tertiary alicyclic amines) is 1. The normalized spacial score (nSPS) is 14.5. The second-order valence-corrected chi connectivity index (χ2v) is 7.10. The number of nitrogens with one attached hydrogen (secondary N) is 1. The van der Waals surface area contributed by atoms with Crippen molar-refractivity contribution in [3.05, 3.63) is 59.7 Å². The van der Waals surface area contributed by atoms with Gasteiger partial charge in [-0.3, -0.25) is 9.69 Å². The van der Waals surface area contributed by atoms with Crippen LogP contribution in [0.1, 0.15) is 37.3 Å². The van der Waals surface area contributed by atoms with E-state index in [9.17, 15) is 4.79 Å². The van der Waals surface area contributed by atoms with Gasteiger partial charge >= 0.3 is 0 Å². The van der Waals surface area contributed by atoms with E-state index in [0.29, 0.717) is 24.7 Å². The van der Waals surface area contributed by atoms with Gasteiger partial charge in [0.05, 0.1) is 6.61 Å². The Morgan fingerprint density at radius 2 is 1.57 bits per heavy atom. The number of para-hydroxylation sites is 2. The molecule has 2 aromatic carbocycles. The number of hydrogen-bond acceptors (Lipinski definition) is 4.